The van der Waals surface area contributed by atoms with Crippen molar-refractivity contribution in [2.45, 2.75) is 52.0 Å². The Hall–Kier alpha value is -0.810. The zero-order chi connectivity index (χ0) is 16.1. The molecule has 1 unspecified atom stereocenters. The predicted molar refractivity (Wildman–Crippen MR) is 92.4 cm³/mol. The first kappa shape index (κ1) is 17.5. The summed E-state index contributed by atoms with van der Waals surface area (Å²) in [6.45, 7) is 12.5. The van der Waals surface area contributed by atoms with Crippen molar-refractivity contribution in [3.63, 3.8) is 0 Å². The first-order chi connectivity index (χ1) is 10.4. The molecule has 0 aliphatic carbocycles. The molecule has 0 aromatic rings. The van der Waals surface area contributed by atoms with E-state index in [4.69, 9.17) is 4.74 Å². The molecular formula is C17H34N4O. The summed E-state index contributed by atoms with van der Waals surface area (Å²) >= 11 is 0. The zero-order valence-electron chi connectivity index (χ0n) is 14.9. The fourth-order valence-corrected chi connectivity index (χ4v) is 3.56. The maximum atomic E-state index is 5.76. The molecule has 0 aromatic heterocycles. The van der Waals surface area contributed by atoms with Gasteiger partial charge in [-0.1, -0.05) is 0 Å². The molecule has 0 aromatic carbocycles. The minimum absolute atomic E-state index is 0.166. The van der Waals surface area contributed by atoms with Gasteiger partial charge in [0, 0.05) is 50.8 Å². The van der Waals surface area contributed by atoms with Gasteiger partial charge in [0.05, 0.1) is 6.61 Å². The minimum atomic E-state index is 0.166. The van der Waals surface area contributed by atoms with Gasteiger partial charge in [-0.2, -0.15) is 0 Å². The lowest BCUT2D eigenvalue weighted by molar-refractivity contribution is -0.0370. The third kappa shape index (κ3) is 5.13. The molecule has 22 heavy (non-hydrogen) atoms. The van der Waals surface area contributed by atoms with Crippen molar-refractivity contribution in [1.29, 1.82) is 0 Å². The number of hydrogen-bond acceptors (Lipinski definition) is 3. The number of guanidine groups is 1. The van der Waals surface area contributed by atoms with Crippen LogP contribution in [0.25, 0.3) is 0 Å². The third-order valence-corrected chi connectivity index (χ3v) is 4.64. The molecule has 0 saturated carbocycles. The van der Waals surface area contributed by atoms with Gasteiger partial charge in [0.15, 0.2) is 5.96 Å². The van der Waals surface area contributed by atoms with Crippen LogP contribution in [0, 0.1) is 5.41 Å². The molecular weight excluding hydrogens is 276 g/mol. The molecule has 128 valence electrons. The molecule has 2 N–H and O–H groups in total. The topological polar surface area (TPSA) is 48.9 Å². The molecule has 2 aliphatic rings. The van der Waals surface area contributed by atoms with Gasteiger partial charge in [0.2, 0.25) is 0 Å². The first-order valence-electron chi connectivity index (χ1n) is 8.73. The molecule has 2 fully saturated rings. The second-order valence-electron chi connectivity index (χ2n) is 7.83. The van der Waals surface area contributed by atoms with Gasteiger partial charge >= 0.3 is 0 Å². The van der Waals surface area contributed by atoms with Crippen LogP contribution in [0.2, 0.25) is 0 Å². The Kier molecular flexibility index (Phi) is 6.09. The Morgan fingerprint density at radius 2 is 2.00 bits per heavy atom. The molecule has 1 spiro atoms. The van der Waals surface area contributed by atoms with E-state index >= 15 is 0 Å². The number of nitrogens with zero attached hydrogens (tertiary/aromatic N) is 2. The molecule has 1 atom stereocenters. The van der Waals surface area contributed by atoms with Crippen LogP contribution in [-0.4, -0.2) is 62.8 Å². The van der Waals surface area contributed by atoms with Crippen molar-refractivity contribution in [3.8, 4) is 0 Å². The Labute approximate surface area is 135 Å². The van der Waals surface area contributed by atoms with E-state index in [0.717, 1.165) is 45.4 Å². The van der Waals surface area contributed by atoms with Crippen LogP contribution in [0.4, 0.5) is 0 Å². The Morgan fingerprint density at radius 3 is 2.64 bits per heavy atom. The van der Waals surface area contributed by atoms with E-state index in [-0.39, 0.29) is 5.54 Å². The van der Waals surface area contributed by atoms with Crippen LogP contribution >= 0.6 is 0 Å². The molecule has 0 amide bonds. The average molecular weight is 310 g/mol. The molecule has 0 bridgehead atoms. The van der Waals surface area contributed by atoms with Gasteiger partial charge in [0.1, 0.15) is 0 Å². The molecule has 2 rings (SSSR count). The van der Waals surface area contributed by atoms with Crippen LogP contribution in [0.1, 0.15) is 46.5 Å². The van der Waals surface area contributed by atoms with E-state index in [0.29, 0.717) is 5.41 Å². The summed E-state index contributed by atoms with van der Waals surface area (Å²) in [6.07, 6.45) is 5.04. The van der Waals surface area contributed by atoms with Gasteiger partial charge in [0.25, 0.3) is 0 Å². The van der Waals surface area contributed by atoms with Gasteiger partial charge in [-0.3, -0.25) is 4.99 Å². The Morgan fingerprint density at radius 1 is 1.23 bits per heavy atom. The predicted octanol–water partition coefficient (Wildman–Crippen LogP) is 1.84. The van der Waals surface area contributed by atoms with E-state index in [1.807, 2.05) is 7.05 Å². The van der Waals surface area contributed by atoms with Gasteiger partial charge in [-0.05, 0) is 46.5 Å². The van der Waals surface area contributed by atoms with Crippen LogP contribution in [0.5, 0.6) is 0 Å². The van der Waals surface area contributed by atoms with Crippen LogP contribution in [0.15, 0.2) is 4.99 Å². The number of piperidine rings is 1. The molecule has 0 radical (unpaired) electrons. The molecule has 5 heteroatoms. The van der Waals surface area contributed by atoms with Crippen molar-refractivity contribution < 1.29 is 4.74 Å². The van der Waals surface area contributed by atoms with Crippen LogP contribution in [-0.2, 0) is 4.74 Å². The average Bonchev–Trinajstić information content (AvgIpc) is 2.47. The number of rotatable bonds is 3. The third-order valence-electron chi connectivity index (χ3n) is 4.64. The van der Waals surface area contributed by atoms with Crippen molar-refractivity contribution in [1.82, 2.24) is 15.5 Å². The monoisotopic (exact) mass is 310 g/mol. The van der Waals surface area contributed by atoms with Crippen molar-refractivity contribution in [2.24, 2.45) is 10.4 Å². The highest BCUT2D eigenvalue weighted by Gasteiger charge is 2.38. The number of ether oxygens (including phenoxy) is 1. The Bertz CT molecular complexity index is 364. The highest BCUT2D eigenvalue weighted by molar-refractivity contribution is 5.80. The second kappa shape index (κ2) is 7.64. The normalized spacial score (nSPS) is 27.3. The number of likely N-dealkylation sites (tertiary alicyclic amines) is 1. The summed E-state index contributed by atoms with van der Waals surface area (Å²) in [5.41, 5.74) is 0.525. The van der Waals surface area contributed by atoms with E-state index in [9.17, 15) is 0 Å². The second-order valence-corrected chi connectivity index (χ2v) is 7.83. The number of hydrogen-bond donors (Lipinski definition) is 2. The fourth-order valence-electron chi connectivity index (χ4n) is 3.56. The highest BCUT2D eigenvalue weighted by atomic mass is 16.5. The zero-order valence-corrected chi connectivity index (χ0v) is 14.9. The van der Waals surface area contributed by atoms with Crippen molar-refractivity contribution in [3.05, 3.63) is 0 Å². The van der Waals surface area contributed by atoms with E-state index in [1.54, 1.807) is 0 Å². The van der Waals surface area contributed by atoms with Crippen molar-refractivity contribution in [2.75, 3.05) is 46.4 Å². The van der Waals surface area contributed by atoms with Crippen LogP contribution in [0.3, 0.4) is 0 Å². The lowest BCUT2D eigenvalue weighted by atomic mass is 9.76. The lowest BCUT2D eigenvalue weighted by Crippen LogP contribution is -2.54. The van der Waals surface area contributed by atoms with Crippen molar-refractivity contribution >= 4 is 5.96 Å². The SMILES string of the molecule is CN=C(NCCNC(C)(C)C)N1CCCC2(CCCOC2)C1. The molecule has 5 nitrogen and oxygen atoms in total. The summed E-state index contributed by atoms with van der Waals surface area (Å²) in [5, 5.41) is 7.01. The van der Waals surface area contributed by atoms with Gasteiger partial charge in [-0.25, -0.2) is 0 Å². The summed E-state index contributed by atoms with van der Waals surface area (Å²) < 4.78 is 5.76. The summed E-state index contributed by atoms with van der Waals surface area (Å²) in [5.74, 6) is 1.04. The Balaban J connectivity index is 1.82. The summed E-state index contributed by atoms with van der Waals surface area (Å²) in [7, 11) is 1.89. The fraction of sp³-hybridized carbons (Fsp3) is 0.941. The van der Waals surface area contributed by atoms with E-state index < -0.39 is 0 Å². The highest BCUT2D eigenvalue weighted by Crippen LogP contribution is 2.37. The summed E-state index contributed by atoms with van der Waals surface area (Å²) in [4.78, 5) is 6.91. The quantitative estimate of drug-likeness (QED) is 0.474. The maximum absolute atomic E-state index is 5.76. The number of aliphatic imine (C=N–C) groups is 1. The lowest BCUT2D eigenvalue weighted by Gasteiger charge is -2.45. The van der Waals surface area contributed by atoms with Crippen LogP contribution < -0.4 is 10.6 Å². The largest absolute Gasteiger partial charge is 0.381 e. The molecule has 2 heterocycles. The van der Waals surface area contributed by atoms with Gasteiger partial charge < -0.3 is 20.3 Å². The van der Waals surface area contributed by atoms with E-state index in [2.05, 4.69) is 41.3 Å². The molecule has 2 saturated heterocycles. The maximum Gasteiger partial charge on any atom is 0.193 e. The molecule has 2 aliphatic heterocycles. The minimum Gasteiger partial charge on any atom is -0.381 e. The summed E-state index contributed by atoms with van der Waals surface area (Å²) in [6, 6.07) is 0. The first-order valence-corrected chi connectivity index (χ1v) is 8.73. The van der Waals surface area contributed by atoms with E-state index in [1.165, 1.54) is 25.7 Å². The smallest absolute Gasteiger partial charge is 0.193 e. The van der Waals surface area contributed by atoms with Gasteiger partial charge in [-0.15, -0.1) is 0 Å². The standard InChI is InChI=1S/C17H34N4O/c1-16(2,3)20-10-9-19-15(18-4)21-11-5-7-17(13-21)8-6-12-22-14-17/h20H,5-14H2,1-4H3,(H,18,19). The number of nitrogens with one attached hydrogen (secondary N) is 2.